The molecule has 1 aromatic rings. The van der Waals surface area contributed by atoms with Gasteiger partial charge in [0.25, 0.3) is 0 Å². The zero-order valence-corrected chi connectivity index (χ0v) is 23.2. The van der Waals surface area contributed by atoms with Crippen molar-refractivity contribution < 1.29 is 9.59 Å². The van der Waals surface area contributed by atoms with E-state index in [1.165, 1.54) is 0 Å². The molecule has 0 heterocycles. The molecular formula is C31H49N3O2. The number of nitrogens with one attached hydrogen (secondary N) is 1. The number of aldehydes is 1. The van der Waals surface area contributed by atoms with Crippen molar-refractivity contribution in [3.8, 4) is 0 Å². The zero-order valence-electron chi connectivity index (χ0n) is 23.2. The molecule has 0 spiro atoms. The van der Waals surface area contributed by atoms with Crippen molar-refractivity contribution in [1.29, 1.82) is 0 Å². The first-order valence-electron chi connectivity index (χ1n) is 13.6. The summed E-state index contributed by atoms with van der Waals surface area (Å²) in [5, 5.41) is 3.20. The normalized spacial score (nSPS) is 15.2. The molecule has 1 rings (SSSR count). The van der Waals surface area contributed by atoms with Crippen LogP contribution < -0.4 is 11.1 Å². The van der Waals surface area contributed by atoms with Gasteiger partial charge in [0.05, 0.1) is 12.1 Å². The molecule has 0 saturated heterocycles. The summed E-state index contributed by atoms with van der Waals surface area (Å²) >= 11 is 0. The molecule has 36 heavy (non-hydrogen) atoms. The molecule has 1 amide bonds. The molecular weight excluding hydrogens is 446 g/mol. The first-order valence-corrected chi connectivity index (χ1v) is 13.6. The number of carbonyl (C=O) groups is 2. The molecule has 5 heteroatoms. The van der Waals surface area contributed by atoms with Gasteiger partial charge in [0.1, 0.15) is 6.29 Å². The molecule has 0 aliphatic rings. The Balaban J connectivity index is 2.74. The fraction of sp³-hybridized carbons (Fsp3) is 0.581. The van der Waals surface area contributed by atoms with Gasteiger partial charge >= 0.3 is 0 Å². The number of hydrogen-bond donors (Lipinski definition) is 2. The van der Waals surface area contributed by atoms with Crippen molar-refractivity contribution in [3.63, 3.8) is 0 Å². The van der Waals surface area contributed by atoms with E-state index in [0.29, 0.717) is 0 Å². The molecule has 1 aromatic carbocycles. The second kappa shape index (κ2) is 17.9. The Hall–Kier alpha value is -2.46. The maximum atomic E-state index is 13.3. The molecule has 0 saturated carbocycles. The van der Waals surface area contributed by atoms with Crippen LogP contribution in [0.5, 0.6) is 0 Å². The predicted octanol–water partition coefficient (Wildman–Crippen LogP) is 6.12. The summed E-state index contributed by atoms with van der Waals surface area (Å²) in [5.41, 5.74) is 11.0. The molecule has 0 aliphatic heterocycles. The predicted molar refractivity (Wildman–Crippen MR) is 152 cm³/mol. The minimum atomic E-state index is -0.311. The molecule has 5 nitrogen and oxygen atoms in total. The van der Waals surface area contributed by atoms with Crippen LogP contribution in [-0.2, 0) is 9.59 Å². The largest absolute Gasteiger partial charge is 0.344 e. The minimum absolute atomic E-state index is 0.0319. The van der Waals surface area contributed by atoms with Crippen LogP contribution in [0.15, 0.2) is 60.4 Å². The van der Waals surface area contributed by atoms with Crippen LogP contribution in [0.1, 0.15) is 90.7 Å². The molecule has 0 bridgehead atoms. The Morgan fingerprint density at radius 2 is 1.83 bits per heavy atom. The number of hydrogen-bond acceptors (Lipinski definition) is 4. The van der Waals surface area contributed by atoms with Crippen LogP contribution in [0.4, 0.5) is 0 Å². The number of likely N-dealkylation sites (N-methyl/N-ethyl adjacent to an activating group) is 1. The number of carbonyl (C=O) groups excluding carboxylic acids is 2. The van der Waals surface area contributed by atoms with Crippen molar-refractivity contribution in [3.05, 3.63) is 65.9 Å². The summed E-state index contributed by atoms with van der Waals surface area (Å²) in [6, 6.07) is 9.74. The van der Waals surface area contributed by atoms with Gasteiger partial charge in [-0.3, -0.25) is 9.69 Å². The summed E-state index contributed by atoms with van der Waals surface area (Å²) in [6.07, 6.45) is 12.3. The summed E-state index contributed by atoms with van der Waals surface area (Å²) in [5.74, 6) is 0.0369. The SMILES string of the molecule is C=C(C=C=CC)C(NC(=O)C(C)N(C)C(CC)CCCC(C=O)CCC(N)CCC)c1ccccc1. The van der Waals surface area contributed by atoms with Gasteiger partial charge in [-0.15, -0.1) is 5.73 Å². The number of nitrogens with zero attached hydrogens (tertiary/aromatic N) is 1. The summed E-state index contributed by atoms with van der Waals surface area (Å²) in [4.78, 5) is 27.0. The van der Waals surface area contributed by atoms with Crippen LogP contribution in [0.3, 0.4) is 0 Å². The van der Waals surface area contributed by atoms with E-state index in [4.69, 9.17) is 5.73 Å². The smallest absolute Gasteiger partial charge is 0.237 e. The van der Waals surface area contributed by atoms with Gasteiger partial charge in [0.15, 0.2) is 0 Å². The Morgan fingerprint density at radius 3 is 2.42 bits per heavy atom. The van der Waals surface area contributed by atoms with Gasteiger partial charge in [-0.25, -0.2) is 0 Å². The average molecular weight is 496 g/mol. The second-order valence-electron chi connectivity index (χ2n) is 9.88. The molecule has 5 unspecified atom stereocenters. The zero-order chi connectivity index (χ0) is 26.9. The maximum absolute atomic E-state index is 13.3. The number of amides is 1. The first-order chi connectivity index (χ1) is 17.3. The van der Waals surface area contributed by atoms with Gasteiger partial charge in [0.2, 0.25) is 5.91 Å². The van der Waals surface area contributed by atoms with Crippen LogP contribution in [0.2, 0.25) is 0 Å². The molecule has 0 aliphatic carbocycles. The van der Waals surface area contributed by atoms with Gasteiger partial charge in [0, 0.05) is 18.0 Å². The maximum Gasteiger partial charge on any atom is 0.237 e. The van der Waals surface area contributed by atoms with Gasteiger partial charge in [-0.2, -0.15) is 0 Å². The van der Waals surface area contributed by atoms with Gasteiger partial charge in [-0.05, 0) is 82.7 Å². The Morgan fingerprint density at radius 1 is 1.14 bits per heavy atom. The second-order valence-corrected chi connectivity index (χ2v) is 9.88. The summed E-state index contributed by atoms with van der Waals surface area (Å²) in [6.45, 7) is 12.3. The van der Waals surface area contributed by atoms with E-state index in [1.54, 1.807) is 0 Å². The third kappa shape index (κ3) is 11.1. The fourth-order valence-corrected chi connectivity index (χ4v) is 4.61. The lowest BCUT2D eigenvalue weighted by Crippen LogP contribution is -2.48. The van der Waals surface area contributed by atoms with E-state index in [-0.39, 0.29) is 36.0 Å². The van der Waals surface area contributed by atoms with Crippen LogP contribution in [0, 0.1) is 5.92 Å². The molecule has 0 radical (unpaired) electrons. The van der Waals surface area contributed by atoms with Crippen molar-refractivity contribution in [2.24, 2.45) is 11.7 Å². The van der Waals surface area contributed by atoms with Crippen LogP contribution in [-0.4, -0.2) is 42.3 Å². The number of rotatable bonds is 18. The number of nitrogens with two attached hydrogens (primary N) is 1. The highest BCUT2D eigenvalue weighted by Crippen LogP contribution is 2.23. The van der Waals surface area contributed by atoms with Crippen molar-refractivity contribution in [2.75, 3.05) is 7.05 Å². The lowest BCUT2D eigenvalue weighted by Gasteiger charge is -2.33. The van der Waals surface area contributed by atoms with E-state index >= 15 is 0 Å². The number of benzene rings is 1. The Bertz CT molecular complexity index is 845. The van der Waals surface area contributed by atoms with Crippen LogP contribution >= 0.6 is 0 Å². The van der Waals surface area contributed by atoms with Gasteiger partial charge in [-0.1, -0.05) is 63.6 Å². The van der Waals surface area contributed by atoms with E-state index in [2.05, 4.69) is 36.4 Å². The lowest BCUT2D eigenvalue weighted by atomic mass is 9.93. The topological polar surface area (TPSA) is 75.4 Å². The molecule has 0 fully saturated rings. The lowest BCUT2D eigenvalue weighted by molar-refractivity contribution is -0.126. The molecule has 3 N–H and O–H groups in total. The van der Waals surface area contributed by atoms with E-state index in [9.17, 15) is 9.59 Å². The van der Waals surface area contributed by atoms with E-state index in [0.717, 1.165) is 68.8 Å². The minimum Gasteiger partial charge on any atom is -0.344 e. The van der Waals surface area contributed by atoms with E-state index < -0.39 is 0 Å². The van der Waals surface area contributed by atoms with Crippen molar-refractivity contribution >= 4 is 12.2 Å². The fourth-order valence-electron chi connectivity index (χ4n) is 4.61. The highest BCUT2D eigenvalue weighted by Gasteiger charge is 2.26. The van der Waals surface area contributed by atoms with Gasteiger partial charge < -0.3 is 15.8 Å². The standard InChI is InChI=1S/C31H49N3O2/c1-7-10-16-24(4)30(27-18-12-11-13-19-27)33-31(36)25(5)34(6)29(9-3)20-14-17-26(23-35)21-22-28(32)15-8-2/h7,11-13,16,18-19,23,25-26,28-30H,4,8-9,14-15,17,20-22,32H2,1-3,5-6H3,(H,33,36). The summed E-state index contributed by atoms with van der Waals surface area (Å²) < 4.78 is 0. The third-order valence-corrected chi connectivity index (χ3v) is 7.14. The quantitative estimate of drug-likeness (QED) is 0.146. The molecule has 200 valence electrons. The molecule has 5 atom stereocenters. The monoisotopic (exact) mass is 495 g/mol. The Kier molecular flexibility index (Phi) is 15.7. The molecule has 0 aromatic heterocycles. The average Bonchev–Trinajstić information content (AvgIpc) is 2.89. The van der Waals surface area contributed by atoms with E-state index in [1.807, 2.05) is 63.4 Å². The Labute approximate surface area is 219 Å². The first kappa shape index (κ1) is 31.6. The highest BCUT2D eigenvalue weighted by atomic mass is 16.2. The highest BCUT2D eigenvalue weighted by molar-refractivity contribution is 5.82. The van der Waals surface area contributed by atoms with Crippen molar-refractivity contribution in [2.45, 2.75) is 103 Å². The van der Waals surface area contributed by atoms with Crippen LogP contribution in [0.25, 0.3) is 0 Å². The third-order valence-electron chi connectivity index (χ3n) is 7.14. The van der Waals surface area contributed by atoms with Crippen molar-refractivity contribution in [1.82, 2.24) is 10.2 Å². The summed E-state index contributed by atoms with van der Waals surface area (Å²) in [7, 11) is 2.02.